The summed E-state index contributed by atoms with van der Waals surface area (Å²) in [5.41, 5.74) is 2.53. The van der Waals surface area contributed by atoms with Crippen LogP contribution in [0.25, 0.3) is 16.8 Å². The maximum absolute atomic E-state index is 13.7. The fourth-order valence-corrected chi connectivity index (χ4v) is 3.27. The van der Waals surface area contributed by atoms with Crippen molar-refractivity contribution in [2.45, 2.75) is 12.7 Å². The molecule has 1 aliphatic rings. The second-order valence-electron chi connectivity index (χ2n) is 6.58. The average Bonchev–Trinajstić information content (AvgIpc) is 2.88. The standard InChI is InChI=1S/C21H14F5N3/c22-15-8-13(9-16(23)10-15)18-5-6-27-11-14-7-12(1-2-17(14)18)19-3-4-20(29-28-19)21(24,25)26/h1-5,7-10,27H,6,11H2. The van der Waals surface area contributed by atoms with E-state index in [9.17, 15) is 22.0 Å². The molecule has 0 aliphatic carbocycles. The van der Waals surface area contributed by atoms with Crippen LogP contribution in [-0.4, -0.2) is 16.7 Å². The van der Waals surface area contributed by atoms with E-state index in [4.69, 9.17) is 0 Å². The van der Waals surface area contributed by atoms with Crippen molar-refractivity contribution >= 4 is 5.57 Å². The molecule has 0 radical (unpaired) electrons. The summed E-state index contributed by atoms with van der Waals surface area (Å²) < 4.78 is 65.4. The zero-order chi connectivity index (χ0) is 20.6. The van der Waals surface area contributed by atoms with E-state index >= 15 is 0 Å². The van der Waals surface area contributed by atoms with Gasteiger partial charge in [-0.25, -0.2) is 8.78 Å². The molecule has 1 N–H and O–H groups in total. The summed E-state index contributed by atoms with van der Waals surface area (Å²) in [6.45, 7) is 0.979. The average molecular weight is 403 g/mol. The Bertz CT molecular complexity index is 1070. The van der Waals surface area contributed by atoms with Crippen molar-refractivity contribution in [1.29, 1.82) is 0 Å². The van der Waals surface area contributed by atoms with Crippen LogP contribution in [-0.2, 0) is 12.7 Å². The van der Waals surface area contributed by atoms with Crippen molar-refractivity contribution < 1.29 is 22.0 Å². The van der Waals surface area contributed by atoms with Crippen molar-refractivity contribution in [2.75, 3.05) is 6.54 Å². The molecule has 2 aromatic carbocycles. The first-order chi connectivity index (χ1) is 13.8. The van der Waals surface area contributed by atoms with Gasteiger partial charge in [0.1, 0.15) is 11.6 Å². The third kappa shape index (κ3) is 4.02. The lowest BCUT2D eigenvalue weighted by atomic mass is 9.92. The fourth-order valence-electron chi connectivity index (χ4n) is 3.27. The summed E-state index contributed by atoms with van der Waals surface area (Å²) in [6.07, 6.45) is -2.71. The number of nitrogens with one attached hydrogen (secondary N) is 1. The molecule has 0 unspecified atom stereocenters. The van der Waals surface area contributed by atoms with Gasteiger partial charge in [0.05, 0.1) is 5.69 Å². The highest BCUT2D eigenvalue weighted by molar-refractivity contribution is 5.83. The van der Waals surface area contributed by atoms with Gasteiger partial charge in [0, 0.05) is 24.7 Å². The summed E-state index contributed by atoms with van der Waals surface area (Å²) >= 11 is 0. The van der Waals surface area contributed by atoms with E-state index in [1.54, 1.807) is 18.2 Å². The third-order valence-corrected chi connectivity index (χ3v) is 4.59. The van der Waals surface area contributed by atoms with Crippen LogP contribution in [0.2, 0.25) is 0 Å². The molecule has 0 saturated carbocycles. The molecular weight excluding hydrogens is 389 g/mol. The van der Waals surface area contributed by atoms with Gasteiger partial charge in [-0.05, 0) is 52.6 Å². The van der Waals surface area contributed by atoms with Crippen LogP contribution in [0.5, 0.6) is 0 Å². The first kappa shape index (κ1) is 19.2. The van der Waals surface area contributed by atoms with E-state index < -0.39 is 23.5 Å². The van der Waals surface area contributed by atoms with Gasteiger partial charge in [-0.1, -0.05) is 18.2 Å². The normalized spacial score (nSPS) is 14.2. The number of nitrogens with zero attached hydrogens (tertiary/aromatic N) is 2. The van der Waals surface area contributed by atoms with Gasteiger partial charge in [0.25, 0.3) is 0 Å². The van der Waals surface area contributed by atoms with E-state index in [1.165, 1.54) is 18.2 Å². The summed E-state index contributed by atoms with van der Waals surface area (Å²) in [7, 11) is 0. The van der Waals surface area contributed by atoms with E-state index in [0.717, 1.165) is 23.3 Å². The molecule has 8 heteroatoms. The summed E-state index contributed by atoms with van der Waals surface area (Å²) in [5.74, 6) is -1.34. The Hall–Kier alpha value is -3.13. The summed E-state index contributed by atoms with van der Waals surface area (Å²) in [5, 5.41) is 10.1. The molecule has 1 aliphatic heterocycles. The molecule has 0 bridgehead atoms. The number of hydrogen-bond donors (Lipinski definition) is 1. The highest BCUT2D eigenvalue weighted by Crippen LogP contribution is 2.32. The van der Waals surface area contributed by atoms with Gasteiger partial charge < -0.3 is 5.32 Å². The van der Waals surface area contributed by atoms with E-state index in [2.05, 4.69) is 15.5 Å². The lowest BCUT2D eigenvalue weighted by Crippen LogP contribution is -2.11. The lowest BCUT2D eigenvalue weighted by Gasteiger charge is -2.13. The van der Waals surface area contributed by atoms with Gasteiger partial charge >= 0.3 is 6.18 Å². The SMILES string of the molecule is Fc1cc(F)cc(C2=CCNCc3cc(-c4ccc(C(F)(F)F)nn4)ccc32)c1. The van der Waals surface area contributed by atoms with Gasteiger partial charge in [0.15, 0.2) is 5.69 Å². The largest absolute Gasteiger partial charge is 0.435 e. The molecule has 29 heavy (non-hydrogen) atoms. The number of alkyl halides is 3. The highest BCUT2D eigenvalue weighted by atomic mass is 19.4. The Morgan fingerprint density at radius 2 is 1.59 bits per heavy atom. The Morgan fingerprint density at radius 1 is 0.828 bits per heavy atom. The van der Waals surface area contributed by atoms with Gasteiger partial charge in [0.2, 0.25) is 0 Å². The van der Waals surface area contributed by atoms with Crippen molar-refractivity contribution in [3.8, 4) is 11.3 Å². The van der Waals surface area contributed by atoms with E-state index in [0.29, 0.717) is 35.5 Å². The van der Waals surface area contributed by atoms with E-state index in [1.807, 2.05) is 6.08 Å². The Labute approximate surface area is 162 Å². The molecule has 3 aromatic rings. The predicted octanol–water partition coefficient (Wildman–Crippen LogP) is 4.98. The minimum atomic E-state index is -4.55. The van der Waals surface area contributed by atoms with Crippen molar-refractivity contribution in [1.82, 2.24) is 15.5 Å². The van der Waals surface area contributed by atoms with E-state index in [-0.39, 0.29) is 0 Å². The molecule has 0 saturated heterocycles. The van der Waals surface area contributed by atoms with Gasteiger partial charge in [-0.2, -0.15) is 13.2 Å². The molecular formula is C21H14F5N3. The highest BCUT2D eigenvalue weighted by Gasteiger charge is 2.32. The quantitative estimate of drug-likeness (QED) is 0.614. The smallest absolute Gasteiger partial charge is 0.309 e. The zero-order valence-corrected chi connectivity index (χ0v) is 14.9. The van der Waals surface area contributed by atoms with Crippen LogP contribution in [0.1, 0.15) is 22.4 Å². The molecule has 0 atom stereocenters. The number of hydrogen-bond acceptors (Lipinski definition) is 3. The molecule has 0 amide bonds. The Morgan fingerprint density at radius 3 is 2.24 bits per heavy atom. The second kappa shape index (κ2) is 7.36. The van der Waals surface area contributed by atoms with Crippen molar-refractivity contribution in [3.63, 3.8) is 0 Å². The summed E-state index contributed by atoms with van der Waals surface area (Å²) in [6, 6.07) is 10.7. The fraction of sp³-hybridized carbons (Fsp3) is 0.143. The van der Waals surface area contributed by atoms with Crippen molar-refractivity contribution in [3.05, 3.63) is 88.6 Å². The lowest BCUT2D eigenvalue weighted by molar-refractivity contribution is -0.141. The van der Waals surface area contributed by atoms with Crippen LogP contribution in [0.15, 0.2) is 54.6 Å². The summed E-state index contributed by atoms with van der Waals surface area (Å²) in [4.78, 5) is 0. The van der Waals surface area contributed by atoms with Crippen LogP contribution in [0.4, 0.5) is 22.0 Å². The van der Waals surface area contributed by atoms with Crippen LogP contribution >= 0.6 is 0 Å². The van der Waals surface area contributed by atoms with Gasteiger partial charge in [-0.15, -0.1) is 10.2 Å². The van der Waals surface area contributed by atoms with Crippen LogP contribution < -0.4 is 5.32 Å². The number of benzene rings is 2. The Kier molecular flexibility index (Phi) is 4.87. The van der Waals surface area contributed by atoms with Crippen LogP contribution in [0.3, 0.4) is 0 Å². The van der Waals surface area contributed by atoms with Crippen LogP contribution in [0, 0.1) is 11.6 Å². The number of halogens is 5. The molecule has 4 rings (SSSR count). The maximum Gasteiger partial charge on any atom is 0.435 e. The minimum absolute atomic E-state index is 0.298. The first-order valence-corrected chi connectivity index (χ1v) is 8.73. The third-order valence-electron chi connectivity index (χ3n) is 4.59. The number of fused-ring (bicyclic) bond motifs is 1. The molecule has 0 spiro atoms. The Balaban J connectivity index is 1.73. The second-order valence-corrected chi connectivity index (χ2v) is 6.58. The van der Waals surface area contributed by atoms with Gasteiger partial charge in [-0.3, -0.25) is 0 Å². The molecule has 148 valence electrons. The number of aromatic nitrogens is 2. The topological polar surface area (TPSA) is 37.8 Å². The first-order valence-electron chi connectivity index (χ1n) is 8.73. The molecule has 2 heterocycles. The molecule has 1 aromatic heterocycles. The predicted molar refractivity (Wildman–Crippen MR) is 97.6 cm³/mol. The molecule has 0 fully saturated rings. The maximum atomic E-state index is 13.7. The minimum Gasteiger partial charge on any atom is -0.309 e. The van der Waals surface area contributed by atoms with Crippen molar-refractivity contribution in [2.24, 2.45) is 0 Å². The monoisotopic (exact) mass is 403 g/mol. The molecule has 3 nitrogen and oxygen atoms in total. The zero-order valence-electron chi connectivity index (χ0n) is 14.9. The number of rotatable bonds is 2.